The van der Waals surface area contributed by atoms with Gasteiger partial charge in [0.1, 0.15) is 5.67 Å². The smallest absolute Gasteiger partial charge is 0.136 e. The fourth-order valence-corrected chi connectivity index (χ4v) is 3.86. The molecule has 0 heterocycles. The molecule has 3 rings (SSSR count). The Bertz CT molecular complexity index is 660. The summed E-state index contributed by atoms with van der Waals surface area (Å²) in [6, 6.07) is 19.6. The molecule has 0 amide bonds. The summed E-state index contributed by atoms with van der Waals surface area (Å²) in [4.78, 5) is 2.61. The molecule has 0 radical (unpaired) electrons. The molecule has 0 bridgehead atoms. The van der Waals surface area contributed by atoms with Crippen molar-refractivity contribution in [1.29, 1.82) is 0 Å². The summed E-state index contributed by atoms with van der Waals surface area (Å²) < 4.78 is 14.1. The number of benzene rings is 2. The first-order valence-electron chi connectivity index (χ1n) is 10.2. The Morgan fingerprint density at radius 3 is 2.15 bits per heavy atom. The third kappa shape index (κ3) is 4.94. The van der Waals surface area contributed by atoms with E-state index >= 15 is 0 Å². The Balaban J connectivity index is 1.52. The van der Waals surface area contributed by atoms with Crippen LogP contribution in [-0.4, -0.2) is 24.0 Å². The highest BCUT2D eigenvalue weighted by Gasteiger charge is 2.44. The molecule has 140 valence electrons. The minimum atomic E-state index is -1.01. The maximum atomic E-state index is 14.1. The van der Waals surface area contributed by atoms with Crippen molar-refractivity contribution in [3.8, 4) is 0 Å². The molecule has 0 N–H and O–H groups in total. The van der Waals surface area contributed by atoms with E-state index in [9.17, 15) is 4.39 Å². The lowest BCUT2D eigenvalue weighted by Gasteiger charge is -2.30. The van der Waals surface area contributed by atoms with Gasteiger partial charge in [-0.05, 0) is 61.8 Å². The van der Waals surface area contributed by atoms with Gasteiger partial charge in [-0.2, -0.15) is 0 Å². The lowest BCUT2D eigenvalue weighted by atomic mass is 9.99. The number of aryl methyl sites for hydroxylation is 1. The van der Waals surface area contributed by atoms with E-state index < -0.39 is 5.67 Å². The average molecular weight is 354 g/mol. The molecule has 0 saturated heterocycles. The Hall–Kier alpha value is -1.67. The quantitative estimate of drug-likeness (QED) is 0.512. The first-order chi connectivity index (χ1) is 12.6. The highest BCUT2D eigenvalue weighted by Crippen LogP contribution is 2.49. The van der Waals surface area contributed by atoms with Crippen LogP contribution in [0.15, 0.2) is 54.6 Å². The summed E-state index contributed by atoms with van der Waals surface area (Å²) in [5.41, 5.74) is 2.60. The first-order valence-corrected chi connectivity index (χ1v) is 10.2. The molecule has 26 heavy (non-hydrogen) atoms. The van der Waals surface area contributed by atoms with Crippen molar-refractivity contribution in [2.45, 2.75) is 64.1 Å². The zero-order valence-electron chi connectivity index (χ0n) is 16.3. The Kier molecular flexibility index (Phi) is 6.48. The van der Waals surface area contributed by atoms with Crippen molar-refractivity contribution in [1.82, 2.24) is 4.90 Å². The second-order valence-corrected chi connectivity index (χ2v) is 7.63. The second kappa shape index (κ2) is 8.81. The van der Waals surface area contributed by atoms with E-state index in [1.807, 2.05) is 12.1 Å². The van der Waals surface area contributed by atoms with Crippen molar-refractivity contribution in [3.05, 3.63) is 71.3 Å². The van der Waals surface area contributed by atoms with E-state index in [0.717, 1.165) is 31.5 Å². The number of rotatable bonds is 10. The lowest BCUT2D eigenvalue weighted by molar-refractivity contribution is 0.193. The van der Waals surface area contributed by atoms with Crippen LogP contribution in [0.2, 0.25) is 0 Å². The average Bonchev–Trinajstić information content (AvgIpc) is 3.44. The summed E-state index contributed by atoms with van der Waals surface area (Å²) in [6.45, 7) is 6.76. The predicted octanol–water partition coefficient (Wildman–Crippen LogP) is 5.92. The van der Waals surface area contributed by atoms with Gasteiger partial charge in [-0.25, -0.2) is 4.39 Å². The molecular weight excluding hydrogens is 321 g/mol. The Morgan fingerprint density at radius 2 is 1.58 bits per heavy atom. The molecule has 1 aliphatic carbocycles. The zero-order valence-corrected chi connectivity index (χ0v) is 16.3. The highest BCUT2D eigenvalue weighted by atomic mass is 19.1. The van der Waals surface area contributed by atoms with E-state index in [0.29, 0.717) is 18.9 Å². The molecule has 0 aromatic heterocycles. The minimum Gasteiger partial charge on any atom is -0.300 e. The van der Waals surface area contributed by atoms with Gasteiger partial charge < -0.3 is 4.90 Å². The molecule has 0 spiro atoms. The fraction of sp³-hybridized carbons (Fsp3) is 0.500. The number of alkyl halides is 1. The van der Waals surface area contributed by atoms with Gasteiger partial charge in [0.2, 0.25) is 0 Å². The predicted molar refractivity (Wildman–Crippen MR) is 108 cm³/mol. The van der Waals surface area contributed by atoms with Gasteiger partial charge in [0.15, 0.2) is 0 Å². The van der Waals surface area contributed by atoms with Crippen molar-refractivity contribution in [2.24, 2.45) is 0 Å². The van der Waals surface area contributed by atoms with Gasteiger partial charge in [-0.15, -0.1) is 0 Å². The van der Waals surface area contributed by atoms with E-state index in [1.54, 1.807) is 0 Å². The maximum absolute atomic E-state index is 14.1. The summed E-state index contributed by atoms with van der Waals surface area (Å²) >= 11 is 0. The summed E-state index contributed by atoms with van der Waals surface area (Å²) in [7, 11) is 0. The maximum Gasteiger partial charge on any atom is 0.136 e. The van der Waals surface area contributed by atoms with Crippen LogP contribution in [0.3, 0.4) is 0 Å². The van der Waals surface area contributed by atoms with Gasteiger partial charge >= 0.3 is 0 Å². The van der Waals surface area contributed by atoms with E-state index in [-0.39, 0.29) is 0 Å². The molecule has 1 unspecified atom stereocenters. The van der Waals surface area contributed by atoms with Crippen molar-refractivity contribution >= 4 is 0 Å². The summed E-state index contributed by atoms with van der Waals surface area (Å²) in [5, 5.41) is 0. The minimum absolute atomic E-state index is 0.610. The molecule has 2 heteroatoms. The molecule has 2 aromatic rings. The van der Waals surface area contributed by atoms with Crippen molar-refractivity contribution in [2.75, 3.05) is 13.1 Å². The van der Waals surface area contributed by atoms with Gasteiger partial charge in [-0.1, -0.05) is 68.4 Å². The van der Waals surface area contributed by atoms with Crippen LogP contribution in [0.4, 0.5) is 4.39 Å². The van der Waals surface area contributed by atoms with Gasteiger partial charge in [0.05, 0.1) is 0 Å². The van der Waals surface area contributed by atoms with E-state index in [4.69, 9.17) is 0 Å². The second-order valence-electron chi connectivity index (χ2n) is 7.63. The number of hydrogen-bond donors (Lipinski definition) is 0. The largest absolute Gasteiger partial charge is 0.300 e. The van der Waals surface area contributed by atoms with Crippen LogP contribution >= 0.6 is 0 Å². The Morgan fingerprint density at radius 1 is 0.923 bits per heavy atom. The molecule has 0 aliphatic heterocycles. The third-order valence-electron chi connectivity index (χ3n) is 5.85. The molecule has 1 saturated carbocycles. The molecule has 2 aromatic carbocycles. The normalized spacial score (nSPS) is 16.6. The standard InChI is InChI=1S/C24H32FN/c1-3-23(26(4-2)19-16-20-8-6-5-7-9-20)15-12-21-10-13-22(14-11-21)24(25)17-18-24/h5-11,13-14,23H,3-4,12,15-19H2,1-2H3. The van der Waals surface area contributed by atoms with Crippen LogP contribution in [0.1, 0.15) is 56.2 Å². The number of halogens is 1. The van der Waals surface area contributed by atoms with E-state index in [1.165, 1.54) is 24.0 Å². The molecule has 1 aliphatic rings. The van der Waals surface area contributed by atoms with E-state index in [2.05, 4.69) is 61.2 Å². The summed E-state index contributed by atoms with van der Waals surface area (Å²) in [6.07, 6.45) is 5.90. The van der Waals surface area contributed by atoms with Crippen LogP contribution in [0.5, 0.6) is 0 Å². The van der Waals surface area contributed by atoms with Gasteiger partial charge in [0, 0.05) is 12.6 Å². The number of nitrogens with zero attached hydrogens (tertiary/aromatic N) is 1. The molecular formula is C24H32FN. The number of likely N-dealkylation sites (N-methyl/N-ethyl adjacent to an activating group) is 1. The molecule has 1 nitrogen and oxygen atoms in total. The van der Waals surface area contributed by atoms with Crippen LogP contribution < -0.4 is 0 Å². The topological polar surface area (TPSA) is 3.24 Å². The van der Waals surface area contributed by atoms with Crippen LogP contribution in [0.25, 0.3) is 0 Å². The zero-order chi connectivity index (χ0) is 18.4. The van der Waals surface area contributed by atoms with Crippen LogP contribution in [-0.2, 0) is 18.5 Å². The lowest BCUT2D eigenvalue weighted by Crippen LogP contribution is -2.36. The highest BCUT2D eigenvalue weighted by molar-refractivity contribution is 5.31. The van der Waals surface area contributed by atoms with Crippen LogP contribution in [0, 0.1) is 0 Å². The first kappa shape index (κ1) is 19.1. The van der Waals surface area contributed by atoms with Gasteiger partial charge in [0.25, 0.3) is 0 Å². The molecule has 1 fully saturated rings. The monoisotopic (exact) mass is 353 g/mol. The van der Waals surface area contributed by atoms with Gasteiger partial charge in [-0.3, -0.25) is 0 Å². The van der Waals surface area contributed by atoms with Crippen molar-refractivity contribution in [3.63, 3.8) is 0 Å². The SMILES string of the molecule is CCC(CCc1ccc(C2(F)CC2)cc1)N(CC)CCc1ccccc1. The van der Waals surface area contributed by atoms with Crippen molar-refractivity contribution < 1.29 is 4.39 Å². The third-order valence-corrected chi connectivity index (χ3v) is 5.85. The summed E-state index contributed by atoms with van der Waals surface area (Å²) in [5.74, 6) is 0. The fourth-order valence-electron chi connectivity index (χ4n) is 3.86. The Labute approximate surface area is 158 Å². The molecule has 1 atom stereocenters. The number of hydrogen-bond acceptors (Lipinski definition) is 1.